The molecule has 1 aromatic carbocycles. The minimum atomic E-state index is -4.30. The summed E-state index contributed by atoms with van der Waals surface area (Å²) < 4.78 is 37.2. The molecule has 1 heterocycles. The van der Waals surface area contributed by atoms with Crippen molar-refractivity contribution in [3.05, 3.63) is 64.4 Å². The third-order valence-electron chi connectivity index (χ3n) is 2.78. The maximum absolute atomic E-state index is 12.4. The number of rotatable bonds is 4. The van der Waals surface area contributed by atoms with Crippen LogP contribution < -0.4 is 5.32 Å². The first-order valence-electron chi connectivity index (χ1n) is 5.92. The second-order valence-electron chi connectivity index (χ2n) is 4.27. The van der Waals surface area contributed by atoms with Gasteiger partial charge in [0, 0.05) is 25.5 Å². The molecule has 20 heavy (non-hydrogen) atoms. The van der Waals surface area contributed by atoms with E-state index >= 15 is 0 Å². The first-order valence-corrected chi connectivity index (χ1v) is 6.30. The minimum Gasteiger partial charge on any atom is -0.309 e. The zero-order valence-electron chi connectivity index (χ0n) is 10.4. The van der Waals surface area contributed by atoms with Gasteiger partial charge >= 0.3 is 6.18 Å². The Bertz CT molecular complexity index is 567. The molecule has 2 aromatic rings. The van der Waals surface area contributed by atoms with Crippen LogP contribution in [0.3, 0.4) is 0 Å². The van der Waals surface area contributed by atoms with Crippen molar-refractivity contribution >= 4 is 11.6 Å². The lowest BCUT2D eigenvalue weighted by molar-refractivity contribution is -0.137. The average Bonchev–Trinajstić information content (AvgIpc) is 2.40. The Hall–Kier alpha value is -1.59. The Balaban J connectivity index is 1.90. The van der Waals surface area contributed by atoms with Gasteiger partial charge in [0.15, 0.2) is 0 Å². The van der Waals surface area contributed by atoms with E-state index in [1.54, 1.807) is 18.5 Å². The van der Waals surface area contributed by atoms with Gasteiger partial charge in [0.05, 0.1) is 10.6 Å². The standard InChI is InChI=1S/C14H12ClF3N2/c15-13-9-19-6-5-11(13)8-20-7-10-1-3-12(4-2-10)14(16,17)18/h1-6,9,20H,7-8H2. The van der Waals surface area contributed by atoms with E-state index < -0.39 is 11.7 Å². The van der Waals surface area contributed by atoms with Gasteiger partial charge in [-0.3, -0.25) is 4.98 Å². The summed E-state index contributed by atoms with van der Waals surface area (Å²) in [6.07, 6.45) is -1.10. The van der Waals surface area contributed by atoms with Crippen LogP contribution in [-0.2, 0) is 19.3 Å². The van der Waals surface area contributed by atoms with Crippen LogP contribution in [0.4, 0.5) is 13.2 Å². The summed E-state index contributed by atoms with van der Waals surface area (Å²) in [5.41, 5.74) is 1.04. The smallest absolute Gasteiger partial charge is 0.309 e. The fraction of sp³-hybridized carbons (Fsp3) is 0.214. The summed E-state index contributed by atoms with van der Waals surface area (Å²) in [7, 11) is 0. The topological polar surface area (TPSA) is 24.9 Å². The lowest BCUT2D eigenvalue weighted by atomic mass is 10.1. The zero-order valence-corrected chi connectivity index (χ0v) is 11.2. The number of hydrogen-bond donors (Lipinski definition) is 1. The van der Waals surface area contributed by atoms with Gasteiger partial charge in [0.25, 0.3) is 0 Å². The van der Waals surface area contributed by atoms with Gasteiger partial charge in [-0.05, 0) is 29.3 Å². The van der Waals surface area contributed by atoms with E-state index in [0.29, 0.717) is 18.1 Å². The van der Waals surface area contributed by atoms with Crippen molar-refractivity contribution in [3.8, 4) is 0 Å². The largest absolute Gasteiger partial charge is 0.416 e. The molecule has 0 atom stereocenters. The van der Waals surface area contributed by atoms with Crippen LogP contribution in [0.25, 0.3) is 0 Å². The van der Waals surface area contributed by atoms with Crippen LogP contribution in [-0.4, -0.2) is 4.98 Å². The van der Waals surface area contributed by atoms with Crippen molar-refractivity contribution in [2.75, 3.05) is 0 Å². The van der Waals surface area contributed by atoms with Gasteiger partial charge in [-0.15, -0.1) is 0 Å². The van der Waals surface area contributed by atoms with Crippen LogP contribution >= 0.6 is 11.6 Å². The molecule has 1 N–H and O–H groups in total. The second-order valence-corrected chi connectivity index (χ2v) is 4.67. The lowest BCUT2D eigenvalue weighted by Gasteiger charge is -2.09. The quantitative estimate of drug-likeness (QED) is 0.921. The van der Waals surface area contributed by atoms with Crippen LogP contribution in [0, 0.1) is 0 Å². The molecule has 0 aliphatic carbocycles. The molecule has 0 unspecified atom stereocenters. The summed E-state index contributed by atoms with van der Waals surface area (Å²) in [6, 6.07) is 6.88. The fourth-order valence-electron chi connectivity index (χ4n) is 1.70. The normalized spacial score (nSPS) is 11.6. The second kappa shape index (κ2) is 6.24. The average molecular weight is 301 g/mol. The predicted molar refractivity (Wildman–Crippen MR) is 71.2 cm³/mol. The highest BCUT2D eigenvalue weighted by molar-refractivity contribution is 6.31. The monoisotopic (exact) mass is 300 g/mol. The van der Waals surface area contributed by atoms with Gasteiger partial charge < -0.3 is 5.32 Å². The number of nitrogens with one attached hydrogen (secondary N) is 1. The van der Waals surface area contributed by atoms with Gasteiger partial charge in [0.1, 0.15) is 0 Å². The van der Waals surface area contributed by atoms with E-state index in [0.717, 1.165) is 23.3 Å². The first kappa shape index (κ1) is 14.8. The highest BCUT2D eigenvalue weighted by Crippen LogP contribution is 2.29. The Labute approximate surface area is 119 Å². The van der Waals surface area contributed by atoms with Gasteiger partial charge in [0.2, 0.25) is 0 Å². The molecule has 0 bridgehead atoms. The predicted octanol–water partition coefficient (Wildman–Crippen LogP) is 4.04. The number of nitrogens with zero attached hydrogens (tertiary/aromatic N) is 1. The van der Waals surface area contributed by atoms with E-state index in [9.17, 15) is 13.2 Å². The number of benzene rings is 1. The Kier molecular flexibility index (Phi) is 4.62. The summed E-state index contributed by atoms with van der Waals surface area (Å²) in [5, 5.41) is 3.69. The molecule has 0 aliphatic rings. The molecule has 2 rings (SSSR count). The molecule has 0 amide bonds. The van der Waals surface area contributed by atoms with E-state index in [2.05, 4.69) is 10.3 Å². The lowest BCUT2D eigenvalue weighted by Crippen LogP contribution is -2.13. The highest BCUT2D eigenvalue weighted by Gasteiger charge is 2.29. The number of pyridine rings is 1. The number of aromatic nitrogens is 1. The maximum atomic E-state index is 12.4. The van der Waals surface area contributed by atoms with Gasteiger partial charge in [-0.1, -0.05) is 23.7 Å². The van der Waals surface area contributed by atoms with Gasteiger partial charge in [-0.25, -0.2) is 0 Å². The van der Waals surface area contributed by atoms with Gasteiger partial charge in [-0.2, -0.15) is 13.2 Å². The molecule has 0 aliphatic heterocycles. The SMILES string of the molecule is FC(F)(F)c1ccc(CNCc2ccncc2Cl)cc1. The van der Waals surface area contributed by atoms with Crippen molar-refractivity contribution < 1.29 is 13.2 Å². The molecule has 0 saturated heterocycles. The molecular weight excluding hydrogens is 289 g/mol. The van der Waals surface area contributed by atoms with Crippen molar-refractivity contribution in [1.82, 2.24) is 10.3 Å². The molecule has 1 aromatic heterocycles. The Morgan fingerprint density at radius 3 is 2.35 bits per heavy atom. The summed E-state index contributed by atoms with van der Waals surface area (Å²) in [4.78, 5) is 3.88. The van der Waals surface area contributed by atoms with E-state index in [1.807, 2.05) is 0 Å². The molecule has 0 fully saturated rings. The maximum Gasteiger partial charge on any atom is 0.416 e. The van der Waals surface area contributed by atoms with Crippen LogP contribution in [0.2, 0.25) is 5.02 Å². The molecule has 0 spiro atoms. The number of hydrogen-bond acceptors (Lipinski definition) is 2. The third kappa shape index (κ3) is 3.95. The van der Waals surface area contributed by atoms with E-state index in [1.165, 1.54) is 12.1 Å². The summed E-state index contributed by atoms with van der Waals surface area (Å²) in [5.74, 6) is 0. The number of alkyl halides is 3. The van der Waals surface area contributed by atoms with E-state index in [-0.39, 0.29) is 0 Å². The van der Waals surface area contributed by atoms with Crippen LogP contribution in [0.5, 0.6) is 0 Å². The van der Waals surface area contributed by atoms with Crippen LogP contribution in [0.15, 0.2) is 42.7 Å². The van der Waals surface area contributed by atoms with E-state index in [4.69, 9.17) is 11.6 Å². The fourth-order valence-corrected chi connectivity index (χ4v) is 1.89. The van der Waals surface area contributed by atoms with Crippen LogP contribution in [0.1, 0.15) is 16.7 Å². The minimum absolute atomic E-state index is 0.469. The molecule has 2 nitrogen and oxygen atoms in total. The molecule has 0 saturated carbocycles. The van der Waals surface area contributed by atoms with Crippen molar-refractivity contribution in [3.63, 3.8) is 0 Å². The van der Waals surface area contributed by atoms with Crippen molar-refractivity contribution in [2.24, 2.45) is 0 Å². The molecule has 6 heteroatoms. The Morgan fingerprint density at radius 1 is 1.05 bits per heavy atom. The zero-order chi connectivity index (χ0) is 14.6. The number of halogens is 4. The molecule has 0 radical (unpaired) electrons. The summed E-state index contributed by atoms with van der Waals surface area (Å²) >= 11 is 5.95. The molecule has 106 valence electrons. The Morgan fingerprint density at radius 2 is 1.75 bits per heavy atom. The summed E-state index contributed by atoms with van der Waals surface area (Å²) in [6.45, 7) is 0.999. The van der Waals surface area contributed by atoms with Crippen molar-refractivity contribution in [2.45, 2.75) is 19.3 Å². The highest BCUT2D eigenvalue weighted by atomic mass is 35.5. The third-order valence-corrected chi connectivity index (χ3v) is 3.12. The van der Waals surface area contributed by atoms with Crippen molar-refractivity contribution in [1.29, 1.82) is 0 Å². The molecular formula is C14H12ClF3N2. The first-order chi connectivity index (χ1) is 9.47.